The fourth-order valence-electron chi connectivity index (χ4n) is 2.60. The molecule has 1 aliphatic heterocycles. The minimum atomic E-state index is -4.95. The Hall–Kier alpha value is -1.64. The molecular weight excluding hydrogens is 327 g/mol. The highest BCUT2D eigenvalue weighted by atomic mass is 19.4. The number of amides is 1. The first-order valence-corrected chi connectivity index (χ1v) is 7.52. The van der Waals surface area contributed by atoms with Gasteiger partial charge < -0.3 is 19.5 Å². The molecule has 0 unspecified atom stereocenters. The van der Waals surface area contributed by atoms with E-state index in [4.69, 9.17) is 14.2 Å². The number of ether oxygens (including phenoxy) is 3. The molecule has 1 aromatic rings. The van der Waals surface area contributed by atoms with Gasteiger partial charge in [0, 0.05) is 13.5 Å². The summed E-state index contributed by atoms with van der Waals surface area (Å²) >= 11 is 0. The average Bonchev–Trinajstić information content (AvgIpc) is 2.53. The zero-order valence-corrected chi connectivity index (χ0v) is 13.4. The summed E-state index contributed by atoms with van der Waals surface area (Å²) in [6.07, 6.45) is -6.83. The maximum atomic E-state index is 12.5. The topological polar surface area (TPSA) is 56.8 Å². The van der Waals surface area contributed by atoms with Crippen LogP contribution < -0.4 is 5.32 Å². The van der Waals surface area contributed by atoms with Crippen LogP contribution in [-0.2, 0) is 25.6 Å². The lowest BCUT2D eigenvalue weighted by molar-refractivity contribution is -0.229. The van der Waals surface area contributed by atoms with E-state index in [9.17, 15) is 18.0 Å². The van der Waals surface area contributed by atoms with E-state index in [1.54, 1.807) is 6.92 Å². The molecular formula is C16H20F3NO4. The summed E-state index contributed by atoms with van der Waals surface area (Å²) < 4.78 is 54.0. The molecule has 1 aromatic carbocycles. The third kappa shape index (κ3) is 4.93. The smallest absolute Gasteiger partial charge is 0.369 e. The van der Waals surface area contributed by atoms with Crippen LogP contribution in [0.3, 0.4) is 0 Å². The van der Waals surface area contributed by atoms with Crippen LogP contribution >= 0.6 is 0 Å². The normalized spacial score (nSPS) is 27.7. The Kier molecular flexibility index (Phi) is 6.20. The Morgan fingerprint density at radius 3 is 2.58 bits per heavy atom. The summed E-state index contributed by atoms with van der Waals surface area (Å²) in [5.74, 6) is -2.00. The summed E-state index contributed by atoms with van der Waals surface area (Å²) in [7, 11) is 1.39. The Balaban J connectivity index is 2.06. The van der Waals surface area contributed by atoms with Crippen LogP contribution in [0.2, 0.25) is 0 Å². The van der Waals surface area contributed by atoms with Crippen molar-refractivity contribution in [1.82, 2.24) is 5.32 Å². The highest BCUT2D eigenvalue weighted by Crippen LogP contribution is 2.25. The van der Waals surface area contributed by atoms with Gasteiger partial charge in [0.25, 0.3) is 0 Å². The van der Waals surface area contributed by atoms with E-state index in [1.165, 1.54) is 7.11 Å². The molecule has 0 saturated carbocycles. The number of methoxy groups -OCH3 is 1. The second-order valence-corrected chi connectivity index (χ2v) is 5.58. The van der Waals surface area contributed by atoms with Gasteiger partial charge in [0.2, 0.25) is 0 Å². The molecule has 1 heterocycles. The van der Waals surface area contributed by atoms with Gasteiger partial charge in [0.1, 0.15) is 6.10 Å². The lowest BCUT2D eigenvalue weighted by Crippen LogP contribution is -2.58. The molecule has 1 fully saturated rings. The number of hydrogen-bond donors (Lipinski definition) is 1. The number of alkyl halides is 3. The largest absolute Gasteiger partial charge is 0.471 e. The molecule has 2 rings (SSSR count). The molecule has 1 N–H and O–H groups in total. The third-order valence-corrected chi connectivity index (χ3v) is 3.79. The van der Waals surface area contributed by atoms with E-state index in [-0.39, 0.29) is 13.0 Å². The van der Waals surface area contributed by atoms with Gasteiger partial charge in [-0.3, -0.25) is 4.79 Å². The Morgan fingerprint density at radius 2 is 2.00 bits per heavy atom. The van der Waals surface area contributed by atoms with Gasteiger partial charge in [0.15, 0.2) is 6.29 Å². The zero-order chi connectivity index (χ0) is 17.7. The van der Waals surface area contributed by atoms with Crippen molar-refractivity contribution >= 4 is 5.91 Å². The first kappa shape index (κ1) is 18.7. The van der Waals surface area contributed by atoms with Gasteiger partial charge in [-0.05, 0) is 12.5 Å². The number of halogens is 3. The predicted octanol–water partition coefficient (Wildman–Crippen LogP) is 2.40. The maximum absolute atomic E-state index is 12.5. The van der Waals surface area contributed by atoms with Crippen molar-refractivity contribution in [2.45, 2.75) is 50.7 Å². The quantitative estimate of drug-likeness (QED) is 0.889. The van der Waals surface area contributed by atoms with Crippen LogP contribution in [0.15, 0.2) is 30.3 Å². The van der Waals surface area contributed by atoms with E-state index in [0.29, 0.717) is 0 Å². The van der Waals surface area contributed by atoms with Crippen molar-refractivity contribution in [2.75, 3.05) is 7.11 Å². The first-order valence-electron chi connectivity index (χ1n) is 7.52. The van der Waals surface area contributed by atoms with E-state index in [2.05, 4.69) is 0 Å². The minimum absolute atomic E-state index is 0.0715. The molecule has 5 nitrogen and oxygen atoms in total. The summed E-state index contributed by atoms with van der Waals surface area (Å²) in [5.41, 5.74) is 0.875. The number of carbonyl (C=O) groups excluding carboxylic acids is 1. The lowest BCUT2D eigenvalue weighted by Gasteiger charge is -2.40. The molecule has 1 amide bonds. The van der Waals surface area contributed by atoms with Crippen molar-refractivity contribution in [1.29, 1.82) is 0 Å². The summed E-state index contributed by atoms with van der Waals surface area (Å²) in [4.78, 5) is 11.3. The SMILES string of the molecule is CO[C@@H]1C[C@H](NC(=O)C(F)(F)F)[C@@H](OCc2ccccc2)[C@@H](C)O1. The van der Waals surface area contributed by atoms with Gasteiger partial charge in [-0.25, -0.2) is 0 Å². The summed E-state index contributed by atoms with van der Waals surface area (Å²) in [6.45, 7) is 1.88. The van der Waals surface area contributed by atoms with Crippen molar-refractivity contribution in [3.05, 3.63) is 35.9 Å². The summed E-state index contributed by atoms with van der Waals surface area (Å²) in [6, 6.07) is 8.35. The second kappa shape index (κ2) is 7.96. The van der Waals surface area contributed by atoms with Crippen LogP contribution in [0.5, 0.6) is 0 Å². The zero-order valence-electron chi connectivity index (χ0n) is 13.4. The highest BCUT2D eigenvalue weighted by molar-refractivity contribution is 5.82. The molecule has 4 atom stereocenters. The fourth-order valence-corrected chi connectivity index (χ4v) is 2.60. The molecule has 0 aliphatic carbocycles. The van der Waals surface area contributed by atoms with E-state index >= 15 is 0 Å². The van der Waals surface area contributed by atoms with Gasteiger partial charge >= 0.3 is 12.1 Å². The Morgan fingerprint density at radius 1 is 1.33 bits per heavy atom. The number of carbonyl (C=O) groups is 1. The van der Waals surface area contributed by atoms with Crippen molar-refractivity contribution in [3.8, 4) is 0 Å². The van der Waals surface area contributed by atoms with E-state index in [0.717, 1.165) is 5.56 Å². The van der Waals surface area contributed by atoms with Crippen LogP contribution in [0.25, 0.3) is 0 Å². The van der Waals surface area contributed by atoms with Crippen molar-refractivity contribution < 1.29 is 32.2 Å². The average molecular weight is 347 g/mol. The molecule has 134 valence electrons. The molecule has 0 bridgehead atoms. The van der Waals surface area contributed by atoms with Gasteiger partial charge in [-0.2, -0.15) is 13.2 Å². The number of benzene rings is 1. The standard InChI is InChI=1S/C16H20F3NO4/c1-10-14(23-9-11-6-4-3-5-7-11)12(8-13(22-2)24-10)20-15(21)16(17,18)19/h3-7,10,12-14H,8-9H2,1-2H3,(H,20,21)/t10-,12+,13+,14+/m1/s1. The first-order chi connectivity index (χ1) is 11.3. The fraction of sp³-hybridized carbons (Fsp3) is 0.562. The summed E-state index contributed by atoms with van der Waals surface area (Å²) in [5, 5.41) is 1.99. The van der Waals surface area contributed by atoms with E-state index < -0.39 is 36.6 Å². The van der Waals surface area contributed by atoms with Crippen LogP contribution in [0.1, 0.15) is 18.9 Å². The molecule has 0 radical (unpaired) electrons. The lowest BCUT2D eigenvalue weighted by atomic mass is 9.99. The highest BCUT2D eigenvalue weighted by Gasteiger charge is 2.44. The Labute approximate surface area is 138 Å². The number of hydrogen-bond acceptors (Lipinski definition) is 4. The van der Waals surface area contributed by atoms with Crippen molar-refractivity contribution in [2.24, 2.45) is 0 Å². The maximum Gasteiger partial charge on any atom is 0.471 e. The monoisotopic (exact) mass is 347 g/mol. The van der Waals surface area contributed by atoms with Crippen molar-refractivity contribution in [3.63, 3.8) is 0 Å². The molecule has 0 spiro atoms. The third-order valence-electron chi connectivity index (χ3n) is 3.79. The predicted molar refractivity (Wildman–Crippen MR) is 79.0 cm³/mol. The second-order valence-electron chi connectivity index (χ2n) is 5.58. The Bertz CT molecular complexity index is 538. The van der Waals surface area contributed by atoms with Gasteiger partial charge in [-0.15, -0.1) is 0 Å². The molecule has 0 aromatic heterocycles. The molecule has 24 heavy (non-hydrogen) atoms. The number of nitrogens with one attached hydrogen (secondary N) is 1. The van der Waals surface area contributed by atoms with E-state index in [1.807, 2.05) is 35.6 Å². The minimum Gasteiger partial charge on any atom is -0.369 e. The van der Waals surface area contributed by atoms with Crippen LogP contribution in [-0.4, -0.2) is 43.7 Å². The molecule has 8 heteroatoms. The number of rotatable bonds is 5. The van der Waals surface area contributed by atoms with Gasteiger partial charge in [-0.1, -0.05) is 30.3 Å². The van der Waals surface area contributed by atoms with Crippen LogP contribution in [0.4, 0.5) is 13.2 Å². The molecule has 1 aliphatic rings. The molecule has 1 saturated heterocycles. The van der Waals surface area contributed by atoms with Gasteiger partial charge in [0.05, 0.1) is 18.8 Å². The van der Waals surface area contributed by atoms with Crippen LogP contribution in [0, 0.1) is 0 Å².